The molecule has 70 valence electrons. The highest BCUT2D eigenvalue weighted by atomic mass is 16.6. The molecule has 5 nitrogen and oxygen atoms in total. The monoisotopic (exact) mass is 182 g/mol. The second-order valence-corrected chi connectivity index (χ2v) is 2.18. The van der Waals surface area contributed by atoms with E-state index in [0.717, 1.165) is 0 Å². The Bertz CT molecular complexity index is 263. The summed E-state index contributed by atoms with van der Waals surface area (Å²) in [7, 11) is 0. The van der Waals surface area contributed by atoms with Gasteiger partial charge in [-0.2, -0.15) is 0 Å². The Kier molecular flexibility index (Phi) is 3.56. The zero-order valence-corrected chi connectivity index (χ0v) is 6.97. The van der Waals surface area contributed by atoms with Crippen molar-refractivity contribution in [1.29, 1.82) is 0 Å². The molecular weight excluding hydrogens is 172 g/mol. The number of pyridine rings is 1. The minimum absolute atomic E-state index is 0.131. The maximum Gasteiger partial charge on any atom is 0.404 e. The van der Waals surface area contributed by atoms with Crippen LogP contribution in [0.4, 0.5) is 4.79 Å². The molecule has 13 heavy (non-hydrogen) atoms. The smallest absolute Gasteiger partial charge is 0.404 e. The molecule has 0 unspecified atom stereocenters. The van der Waals surface area contributed by atoms with Crippen LogP contribution in [0, 0.1) is 0 Å². The molecular formula is C8H10N2O3. The van der Waals surface area contributed by atoms with Crippen molar-refractivity contribution in [1.82, 2.24) is 4.98 Å². The second-order valence-electron chi connectivity index (χ2n) is 2.18. The number of carbonyl (C=O) groups is 1. The average Bonchev–Trinajstić information content (AvgIpc) is 2.14. The van der Waals surface area contributed by atoms with Gasteiger partial charge in [-0.3, -0.25) is 0 Å². The first kappa shape index (κ1) is 9.31. The van der Waals surface area contributed by atoms with Gasteiger partial charge < -0.3 is 15.2 Å². The van der Waals surface area contributed by atoms with Gasteiger partial charge in [-0.15, -0.1) is 0 Å². The molecule has 1 heterocycles. The van der Waals surface area contributed by atoms with Crippen LogP contribution in [0.3, 0.4) is 0 Å². The number of rotatable bonds is 4. The fraction of sp³-hybridized carbons (Fsp3) is 0.250. The van der Waals surface area contributed by atoms with Crippen molar-refractivity contribution in [3.8, 4) is 5.88 Å². The van der Waals surface area contributed by atoms with E-state index >= 15 is 0 Å². The molecule has 1 aromatic rings. The highest BCUT2D eigenvalue weighted by Gasteiger charge is 1.95. The summed E-state index contributed by atoms with van der Waals surface area (Å²) in [5.41, 5.74) is 4.74. The number of carbonyl (C=O) groups excluding carboxylic acids is 1. The summed E-state index contributed by atoms with van der Waals surface area (Å²) in [4.78, 5) is 14.0. The van der Waals surface area contributed by atoms with Crippen molar-refractivity contribution >= 4 is 6.09 Å². The van der Waals surface area contributed by atoms with Crippen molar-refractivity contribution in [3.63, 3.8) is 0 Å². The predicted octanol–water partition coefficient (Wildman–Crippen LogP) is 0.556. The van der Waals surface area contributed by atoms with Crippen molar-refractivity contribution in [2.24, 2.45) is 5.73 Å². The fourth-order valence-corrected chi connectivity index (χ4v) is 0.721. The van der Waals surface area contributed by atoms with Gasteiger partial charge in [0.2, 0.25) is 5.88 Å². The normalized spacial score (nSPS) is 9.23. The molecule has 0 aliphatic heterocycles. The number of hydrogen-bond acceptors (Lipinski definition) is 4. The standard InChI is InChI=1S/C8H10N2O3/c9-8(11)13-6-5-12-7-3-1-2-4-10-7/h1-4H,5-6H2,(H2,9,11). The molecule has 1 aromatic heterocycles. The van der Waals surface area contributed by atoms with E-state index in [-0.39, 0.29) is 13.2 Å². The molecule has 0 spiro atoms. The first-order valence-corrected chi connectivity index (χ1v) is 3.75. The molecule has 0 aliphatic rings. The van der Waals surface area contributed by atoms with Gasteiger partial charge in [0.15, 0.2) is 0 Å². The topological polar surface area (TPSA) is 74.4 Å². The molecule has 1 rings (SSSR count). The summed E-state index contributed by atoms with van der Waals surface area (Å²) in [6, 6.07) is 5.30. The molecule has 0 radical (unpaired) electrons. The molecule has 0 aliphatic carbocycles. The molecule has 2 N–H and O–H groups in total. The SMILES string of the molecule is NC(=O)OCCOc1ccccn1. The maximum atomic E-state index is 10.1. The Balaban J connectivity index is 2.17. The Morgan fingerprint density at radius 2 is 2.31 bits per heavy atom. The van der Waals surface area contributed by atoms with E-state index in [0.29, 0.717) is 5.88 Å². The summed E-state index contributed by atoms with van der Waals surface area (Å²) < 4.78 is 9.56. The molecule has 0 atom stereocenters. The summed E-state index contributed by atoms with van der Waals surface area (Å²) in [5.74, 6) is 0.496. The number of primary amides is 1. The van der Waals surface area contributed by atoms with E-state index in [1.807, 2.05) is 0 Å². The number of aromatic nitrogens is 1. The minimum Gasteiger partial charge on any atom is -0.474 e. The van der Waals surface area contributed by atoms with Crippen LogP contribution < -0.4 is 10.5 Å². The van der Waals surface area contributed by atoms with Gasteiger partial charge in [0.25, 0.3) is 0 Å². The summed E-state index contributed by atoms with van der Waals surface area (Å²) in [5, 5.41) is 0. The van der Waals surface area contributed by atoms with E-state index in [2.05, 4.69) is 9.72 Å². The number of ether oxygens (including phenoxy) is 2. The van der Waals surface area contributed by atoms with Crippen molar-refractivity contribution in [3.05, 3.63) is 24.4 Å². The molecule has 0 saturated carbocycles. The van der Waals surface area contributed by atoms with Crippen molar-refractivity contribution < 1.29 is 14.3 Å². The fourth-order valence-electron chi connectivity index (χ4n) is 0.721. The van der Waals surface area contributed by atoms with Crippen LogP contribution >= 0.6 is 0 Å². The molecule has 0 aromatic carbocycles. The van der Waals surface area contributed by atoms with Gasteiger partial charge in [-0.05, 0) is 6.07 Å². The third kappa shape index (κ3) is 3.95. The Labute approximate surface area is 75.5 Å². The zero-order valence-electron chi connectivity index (χ0n) is 6.97. The first-order valence-electron chi connectivity index (χ1n) is 3.75. The lowest BCUT2D eigenvalue weighted by molar-refractivity contribution is 0.132. The van der Waals surface area contributed by atoms with Gasteiger partial charge in [-0.25, -0.2) is 9.78 Å². The highest BCUT2D eigenvalue weighted by molar-refractivity contribution is 5.64. The lowest BCUT2D eigenvalue weighted by Gasteiger charge is -2.03. The number of amides is 1. The summed E-state index contributed by atoms with van der Waals surface area (Å²) >= 11 is 0. The number of nitrogens with zero attached hydrogens (tertiary/aromatic N) is 1. The zero-order chi connectivity index (χ0) is 9.52. The van der Waals surface area contributed by atoms with E-state index in [9.17, 15) is 4.79 Å². The first-order chi connectivity index (χ1) is 6.29. The molecule has 0 fully saturated rings. The highest BCUT2D eigenvalue weighted by Crippen LogP contribution is 2.02. The van der Waals surface area contributed by atoms with Crippen LogP contribution in [0.1, 0.15) is 0 Å². The van der Waals surface area contributed by atoms with Gasteiger partial charge in [0, 0.05) is 12.3 Å². The van der Waals surface area contributed by atoms with Gasteiger partial charge in [-0.1, -0.05) is 6.07 Å². The summed E-state index contributed by atoms with van der Waals surface area (Å²) in [6.45, 7) is 0.381. The Morgan fingerprint density at radius 3 is 2.92 bits per heavy atom. The minimum atomic E-state index is -0.801. The summed E-state index contributed by atoms with van der Waals surface area (Å²) in [6.07, 6.45) is 0.814. The molecule has 0 bridgehead atoms. The van der Waals surface area contributed by atoms with Crippen LogP contribution in [-0.2, 0) is 4.74 Å². The van der Waals surface area contributed by atoms with Crippen LogP contribution in [0.2, 0.25) is 0 Å². The largest absolute Gasteiger partial charge is 0.474 e. The Morgan fingerprint density at radius 1 is 1.46 bits per heavy atom. The van der Waals surface area contributed by atoms with Gasteiger partial charge in [0.1, 0.15) is 13.2 Å². The van der Waals surface area contributed by atoms with E-state index in [1.54, 1.807) is 24.4 Å². The second kappa shape index (κ2) is 4.97. The van der Waals surface area contributed by atoms with Gasteiger partial charge >= 0.3 is 6.09 Å². The third-order valence-electron chi connectivity index (χ3n) is 1.22. The Hall–Kier alpha value is -1.78. The molecule has 1 amide bonds. The van der Waals surface area contributed by atoms with Gasteiger partial charge in [0.05, 0.1) is 0 Å². The van der Waals surface area contributed by atoms with Crippen LogP contribution in [0.5, 0.6) is 5.88 Å². The van der Waals surface area contributed by atoms with Crippen LogP contribution in [-0.4, -0.2) is 24.3 Å². The van der Waals surface area contributed by atoms with Crippen molar-refractivity contribution in [2.75, 3.05) is 13.2 Å². The molecule has 0 saturated heterocycles. The quantitative estimate of drug-likeness (QED) is 0.690. The number of hydrogen-bond donors (Lipinski definition) is 1. The van der Waals surface area contributed by atoms with E-state index < -0.39 is 6.09 Å². The van der Waals surface area contributed by atoms with Crippen molar-refractivity contribution in [2.45, 2.75) is 0 Å². The van der Waals surface area contributed by atoms with E-state index in [1.165, 1.54) is 0 Å². The molecule has 5 heteroatoms. The van der Waals surface area contributed by atoms with E-state index in [4.69, 9.17) is 10.5 Å². The van der Waals surface area contributed by atoms with Crippen LogP contribution in [0.25, 0.3) is 0 Å². The van der Waals surface area contributed by atoms with Crippen LogP contribution in [0.15, 0.2) is 24.4 Å². The maximum absolute atomic E-state index is 10.1. The average molecular weight is 182 g/mol. The number of nitrogens with two attached hydrogens (primary N) is 1. The lowest BCUT2D eigenvalue weighted by Crippen LogP contribution is -2.17. The lowest BCUT2D eigenvalue weighted by atomic mass is 10.5. The third-order valence-corrected chi connectivity index (χ3v) is 1.22. The predicted molar refractivity (Wildman–Crippen MR) is 45.3 cm³/mol.